The third-order valence-corrected chi connectivity index (χ3v) is 5.55. The Labute approximate surface area is 178 Å². The first-order valence-electron chi connectivity index (χ1n) is 9.85. The second-order valence-corrected chi connectivity index (χ2v) is 7.49. The number of benzene rings is 3. The van der Waals surface area contributed by atoms with Crippen LogP contribution in [0.2, 0.25) is 0 Å². The van der Waals surface area contributed by atoms with E-state index in [0.717, 1.165) is 30.4 Å². The monoisotopic (exact) mass is 422 g/mol. The van der Waals surface area contributed by atoms with E-state index in [1.165, 1.54) is 0 Å². The standard InChI is InChI=1S/C25H20F2O4/c1-30-23(28)18-14-21(27)19(15-20(18)26)25(12-13-25)24(29)31-22(16-8-4-2-5-9-16)17-10-6-3-7-11-17/h2-11,14-15,22H,12-13H2,1H3. The Morgan fingerprint density at radius 1 is 0.871 bits per heavy atom. The van der Waals surface area contributed by atoms with Crippen LogP contribution in [0.5, 0.6) is 0 Å². The van der Waals surface area contributed by atoms with Crippen molar-refractivity contribution in [1.29, 1.82) is 0 Å². The summed E-state index contributed by atoms with van der Waals surface area (Å²) < 4.78 is 39.6. The number of carbonyl (C=O) groups is 2. The van der Waals surface area contributed by atoms with E-state index in [9.17, 15) is 18.4 Å². The molecule has 0 aliphatic heterocycles. The normalized spacial score (nSPS) is 14.2. The molecular formula is C25H20F2O4. The minimum Gasteiger partial charge on any atom is -0.465 e. The van der Waals surface area contributed by atoms with Crippen molar-refractivity contribution in [2.45, 2.75) is 24.4 Å². The van der Waals surface area contributed by atoms with Gasteiger partial charge in [-0.05, 0) is 36.1 Å². The molecule has 0 atom stereocenters. The van der Waals surface area contributed by atoms with Crippen LogP contribution < -0.4 is 0 Å². The first-order valence-corrected chi connectivity index (χ1v) is 9.85. The summed E-state index contributed by atoms with van der Waals surface area (Å²) >= 11 is 0. The molecule has 1 fully saturated rings. The van der Waals surface area contributed by atoms with Crippen LogP contribution in [-0.2, 0) is 19.7 Å². The van der Waals surface area contributed by atoms with Gasteiger partial charge >= 0.3 is 11.9 Å². The van der Waals surface area contributed by atoms with E-state index >= 15 is 0 Å². The van der Waals surface area contributed by atoms with Gasteiger partial charge in [-0.15, -0.1) is 0 Å². The van der Waals surface area contributed by atoms with Crippen LogP contribution in [0.25, 0.3) is 0 Å². The van der Waals surface area contributed by atoms with Gasteiger partial charge in [-0.1, -0.05) is 60.7 Å². The van der Waals surface area contributed by atoms with E-state index < -0.39 is 40.7 Å². The minimum absolute atomic E-state index is 0.109. The van der Waals surface area contributed by atoms with Crippen LogP contribution in [0.4, 0.5) is 8.78 Å². The van der Waals surface area contributed by atoms with E-state index in [4.69, 9.17) is 4.74 Å². The molecule has 158 valence electrons. The Morgan fingerprint density at radius 3 is 1.90 bits per heavy atom. The van der Waals surface area contributed by atoms with Gasteiger partial charge in [-0.25, -0.2) is 13.6 Å². The highest BCUT2D eigenvalue weighted by Gasteiger charge is 2.55. The first-order chi connectivity index (χ1) is 15.0. The first kappa shape index (κ1) is 20.7. The van der Waals surface area contributed by atoms with E-state index in [-0.39, 0.29) is 5.56 Å². The average molecular weight is 422 g/mol. The largest absolute Gasteiger partial charge is 0.465 e. The summed E-state index contributed by atoms with van der Waals surface area (Å²) in [6.07, 6.45) is -0.0267. The van der Waals surface area contributed by atoms with Gasteiger partial charge in [0.25, 0.3) is 0 Å². The average Bonchev–Trinajstić information content (AvgIpc) is 3.61. The topological polar surface area (TPSA) is 52.6 Å². The third kappa shape index (κ3) is 3.93. The summed E-state index contributed by atoms with van der Waals surface area (Å²) in [6.45, 7) is 0. The second kappa shape index (κ2) is 8.30. The number of carbonyl (C=O) groups excluding carboxylic acids is 2. The maximum Gasteiger partial charge on any atom is 0.340 e. The number of ether oxygens (including phenoxy) is 2. The summed E-state index contributed by atoms with van der Waals surface area (Å²) in [7, 11) is 1.08. The van der Waals surface area contributed by atoms with Crippen LogP contribution in [0.15, 0.2) is 72.8 Å². The van der Waals surface area contributed by atoms with E-state index in [1.807, 2.05) is 60.7 Å². The highest BCUT2D eigenvalue weighted by atomic mass is 19.1. The van der Waals surface area contributed by atoms with Gasteiger partial charge in [0, 0.05) is 5.56 Å². The van der Waals surface area contributed by atoms with Crippen molar-refractivity contribution < 1.29 is 27.8 Å². The number of esters is 2. The molecule has 0 spiro atoms. The molecule has 0 saturated heterocycles. The number of hydrogen-bond acceptors (Lipinski definition) is 4. The molecule has 1 aliphatic rings. The molecule has 0 amide bonds. The van der Waals surface area contributed by atoms with Crippen molar-refractivity contribution in [2.75, 3.05) is 7.11 Å². The summed E-state index contributed by atoms with van der Waals surface area (Å²) in [6, 6.07) is 20.1. The second-order valence-electron chi connectivity index (χ2n) is 7.49. The lowest BCUT2D eigenvalue weighted by Crippen LogP contribution is -2.27. The van der Waals surface area contributed by atoms with Crippen LogP contribution in [0.1, 0.15) is 46.0 Å². The summed E-state index contributed by atoms with van der Waals surface area (Å²) in [4.78, 5) is 24.9. The van der Waals surface area contributed by atoms with Gasteiger partial charge < -0.3 is 9.47 Å². The van der Waals surface area contributed by atoms with Crippen molar-refractivity contribution in [3.63, 3.8) is 0 Å². The van der Waals surface area contributed by atoms with E-state index in [2.05, 4.69) is 4.74 Å². The summed E-state index contributed by atoms with van der Waals surface area (Å²) in [5.41, 5.74) is -0.362. The zero-order valence-electron chi connectivity index (χ0n) is 16.8. The van der Waals surface area contributed by atoms with Crippen molar-refractivity contribution in [2.24, 2.45) is 0 Å². The van der Waals surface area contributed by atoms with Crippen molar-refractivity contribution >= 4 is 11.9 Å². The van der Waals surface area contributed by atoms with Gasteiger partial charge in [0.2, 0.25) is 0 Å². The van der Waals surface area contributed by atoms with Gasteiger partial charge in [0.05, 0.1) is 18.1 Å². The fourth-order valence-electron chi connectivity index (χ4n) is 3.69. The molecule has 1 aliphatic carbocycles. The molecule has 0 N–H and O–H groups in total. The van der Waals surface area contributed by atoms with Crippen LogP contribution in [0, 0.1) is 11.6 Å². The Balaban J connectivity index is 1.67. The van der Waals surface area contributed by atoms with Crippen molar-refractivity contribution in [3.05, 3.63) is 107 Å². The SMILES string of the molecule is COC(=O)c1cc(F)c(C2(C(=O)OC(c3ccccc3)c3ccccc3)CC2)cc1F. The number of halogens is 2. The summed E-state index contributed by atoms with van der Waals surface area (Å²) in [5, 5.41) is 0. The number of methoxy groups -OCH3 is 1. The van der Waals surface area contributed by atoms with Crippen molar-refractivity contribution in [3.8, 4) is 0 Å². The van der Waals surface area contributed by atoms with Crippen LogP contribution in [0.3, 0.4) is 0 Å². The fraction of sp³-hybridized carbons (Fsp3) is 0.200. The molecule has 3 aromatic carbocycles. The third-order valence-electron chi connectivity index (χ3n) is 5.55. The van der Waals surface area contributed by atoms with Crippen LogP contribution >= 0.6 is 0 Å². The Hall–Kier alpha value is -3.54. The minimum atomic E-state index is -1.28. The molecule has 4 rings (SSSR count). The van der Waals surface area contributed by atoms with Crippen molar-refractivity contribution in [1.82, 2.24) is 0 Å². The Morgan fingerprint density at radius 2 is 1.42 bits per heavy atom. The Bertz CT molecular complexity index is 1070. The molecule has 4 nitrogen and oxygen atoms in total. The number of rotatable bonds is 6. The lowest BCUT2D eigenvalue weighted by Gasteiger charge is -2.23. The predicted octanol–water partition coefficient (Wildman–Crippen LogP) is 5.12. The fourth-order valence-corrected chi connectivity index (χ4v) is 3.69. The molecule has 3 aromatic rings. The zero-order valence-corrected chi connectivity index (χ0v) is 16.8. The lowest BCUT2D eigenvalue weighted by molar-refractivity contribution is -0.150. The maximum atomic E-state index is 14.8. The zero-order chi connectivity index (χ0) is 22.0. The van der Waals surface area contributed by atoms with Gasteiger partial charge in [-0.3, -0.25) is 4.79 Å². The molecular weight excluding hydrogens is 402 g/mol. The van der Waals surface area contributed by atoms with E-state index in [0.29, 0.717) is 12.8 Å². The highest BCUT2D eigenvalue weighted by Crippen LogP contribution is 2.51. The van der Waals surface area contributed by atoms with Crippen LogP contribution in [-0.4, -0.2) is 19.0 Å². The number of hydrogen-bond donors (Lipinski definition) is 0. The molecule has 1 saturated carbocycles. The maximum absolute atomic E-state index is 14.8. The smallest absolute Gasteiger partial charge is 0.340 e. The molecule has 31 heavy (non-hydrogen) atoms. The predicted molar refractivity (Wildman–Crippen MR) is 109 cm³/mol. The lowest BCUT2D eigenvalue weighted by atomic mass is 9.93. The quantitative estimate of drug-likeness (QED) is 0.518. The van der Waals surface area contributed by atoms with Gasteiger partial charge in [0.15, 0.2) is 6.10 Å². The molecule has 0 radical (unpaired) electrons. The molecule has 6 heteroatoms. The molecule has 0 unspecified atom stereocenters. The Kier molecular flexibility index (Phi) is 5.55. The molecule has 0 bridgehead atoms. The van der Waals surface area contributed by atoms with Gasteiger partial charge in [0.1, 0.15) is 11.6 Å². The highest BCUT2D eigenvalue weighted by molar-refractivity contribution is 5.91. The van der Waals surface area contributed by atoms with Gasteiger partial charge in [-0.2, -0.15) is 0 Å². The van der Waals surface area contributed by atoms with E-state index in [1.54, 1.807) is 0 Å². The summed E-state index contributed by atoms with van der Waals surface area (Å²) in [5.74, 6) is -3.39. The molecule has 0 aromatic heterocycles. The molecule has 0 heterocycles.